The zero-order chi connectivity index (χ0) is 26.4. The standard InChI is InChI=1S/C27H38N4O5S/c1-3-31(4-2)37(34,35)30-25-16-19(10-13-26(25)32)27(33)18-28-14-15-36-20-11-12-24-22(17-20)21-8-6-5-7-9-23(21)29-24/h10-13,16-17,27-30,32-33H,3-9,14-15,18H2,1-2H3/t27-/m0/s1. The lowest BCUT2D eigenvalue weighted by molar-refractivity contribution is 0.172. The maximum absolute atomic E-state index is 12.5. The zero-order valence-electron chi connectivity index (χ0n) is 21.6. The molecule has 1 aromatic heterocycles. The largest absolute Gasteiger partial charge is 0.506 e. The van der Waals surface area contributed by atoms with E-state index >= 15 is 0 Å². The van der Waals surface area contributed by atoms with E-state index in [-0.39, 0.29) is 18.0 Å². The van der Waals surface area contributed by atoms with Crippen molar-refractivity contribution in [3.05, 3.63) is 53.2 Å². The number of aromatic hydroxyl groups is 1. The number of fused-ring (bicyclic) bond motifs is 3. The molecule has 0 saturated carbocycles. The van der Waals surface area contributed by atoms with Crippen LogP contribution >= 0.6 is 0 Å². The highest BCUT2D eigenvalue weighted by Crippen LogP contribution is 2.31. The number of hydrogen-bond donors (Lipinski definition) is 5. The van der Waals surface area contributed by atoms with Crippen molar-refractivity contribution < 1.29 is 23.4 Å². The molecule has 0 unspecified atom stereocenters. The van der Waals surface area contributed by atoms with Crippen molar-refractivity contribution in [2.45, 2.75) is 52.1 Å². The number of phenols is 1. The molecule has 0 saturated heterocycles. The molecule has 1 aliphatic rings. The van der Waals surface area contributed by atoms with Gasteiger partial charge in [0.1, 0.15) is 18.1 Å². The minimum absolute atomic E-state index is 0.0322. The predicted molar refractivity (Wildman–Crippen MR) is 146 cm³/mol. The fraction of sp³-hybridized carbons (Fsp3) is 0.481. The molecule has 5 N–H and O–H groups in total. The molecule has 9 nitrogen and oxygen atoms in total. The van der Waals surface area contributed by atoms with Crippen molar-refractivity contribution in [1.29, 1.82) is 0 Å². The Morgan fingerprint density at radius 2 is 1.86 bits per heavy atom. The third-order valence-corrected chi connectivity index (χ3v) is 8.57. The lowest BCUT2D eigenvalue weighted by Crippen LogP contribution is -2.35. The quantitative estimate of drug-likeness (QED) is 0.138. The number of nitrogens with zero attached hydrogens (tertiary/aromatic N) is 1. The van der Waals surface area contributed by atoms with E-state index in [0.29, 0.717) is 31.8 Å². The second-order valence-electron chi connectivity index (χ2n) is 9.39. The summed E-state index contributed by atoms with van der Waals surface area (Å²) in [6.45, 7) is 5.32. The zero-order valence-corrected chi connectivity index (χ0v) is 22.4. The fourth-order valence-corrected chi connectivity index (χ4v) is 6.11. The number of aromatic amines is 1. The third-order valence-electron chi connectivity index (χ3n) is 6.89. The number of benzene rings is 2. The summed E-state index contributed by atoms with van der Waals surface area (Å²) in [5.41, 5.74) is 4.46. The first-order chi connectivity index (χ1) is 17.8. The lowest BCUT2D eigenvalue weighted by atomic mass is 10.1. The first-order valence-corrected chi connectivity index (χ1v) is 14.5. The van der Waals surface area contributed by atoms with Crippen LogP contribution in [0, 0.1) is 0 Å². The Balaban J connectivity index is 1.29. The molecule has 0 spiro atoms. The monoisotopic (exact) mass is 530 g/mol. The first-order valence-electron chi connectivity index (χ1n) is 13.1. The number of nitrogens with one attached hydrogen (secondary N) is 3. The number of aliphatic hydroxyl groups excluding tert-OH is 1. The molecule has 37 heavy (non-hydrogen) atoms. The maximum Gasteiger partial charge on any atom is 0.301 e. The second-order valence-corrected chi connectivity index (χ2v) is 11.1. The van der Waals surface area contributed by atoms with Gasteiger partial charge in [0.2, 0.25) is 0 Å². The molecule has 1 heterocycles. The van der Waals surface area contributed by atoms with E-state index in [1.807, 2.05) is 6.07 Å². The minimum atomic E-state index is -3.80. The van der Waals surface area contributed by atoms with Gasteiger partial charge in [0.05, 0.1) is 11.8 Å². The Bertz CT molecular complexity index is 1300. The highest BCUT2D eigenvalue weighted by atomic mass is 32.2. The number of hydrogen-bond acceptors (Lipinski definition) is 6. The van der Waals surface area contributed by atoms with E-state index in [0.717, 1.165) is 24.1 Å². The van der Waals surface area contributed by atoms with Gasteiger partial charge in [-0.25, -0.2) is 0 Å². The van der Waals surface area contributed by atoms with Crippen molar-refractivity contribution in [2.24, 2.45) is 0 Å². The molecule has 1 aliphatic carbocycles. The van der Waals surface area contributed by atoms with Gasteiger partial charge in [-0.05, 0) is 67.1 Å². The molecule has 10 heteroatoms. The van der Waals surface area contributed by atoms with Crippen LogP contribution in [0.4, 0.5) is 5.69 Å². The van der Waals surface area contributed by atoms with Crippen LogP contribution in [0.25, 0.3) is 10.9 Å². The molecule has 202 valence electrons. The average molecular weight is 531 g/mol. The van der Waals surface area contributed by atoms with Gasteiger partial charge in [0.25, 0.3) is 0 Å². The van der Waals surface area contributed by atoms with Crippen molar-refractivity contribution in [3.8, 4) is 11.5 Å². The fourth-order valence-electron chi connectivity index (χ4n) is 4.86. The van der Waals surface area contributed by atoms with Gasteiger partial charge in [-0.2, -0.15) is 12.7 Å². The molecular formula is C27H38N4O5S. The van der Waals surface area contributed by atoms with Crippen LogP contribution in [0.15, 0.2) is 36.4 Å². The Labute approximate surface area is 219 Å². The number of aromatic nitrogens is 1. The normalized spacial score (nSPS) is 14.9. The maximum atomic E-state index is 12.5. The molecule has 0 aliphatic heterocycles. The highest BCUT2D eigenvalue weighted by Gasteiger charge is 2.21. The van der Waals surface area contributed by atoms with E-state index in [1.54, 1.807) is 19.9 Å². The topological polar surface area (TPSA) is 127 Å². The van der Waals surface area contributed by atoms with Crippen molar-refractivity contribution in [3.63, 3.8) is 0 Å². The summed E-state index contributed by atoms with van der Waals surface area (Å²) in [6.07, 6.45) is 5.06. The van der Waals surface area contributed by atoms with Crippen molar-refractivity contribution >= 4 is 26.8 Å². The van der Waals surface area contributed by atoms with Gasteiger partial charge in [-0.15, -0.1) is 0 Å². The van der Waals surface area contributed by atoms with Gasteiger partial charge >= 0.3 is 10.2 Å². The second kappa shape index (κ2) is 12.2. The highest BCUT2D eigenvalue weighted by molar-refractivity contribution is 7.90. The molecule has 4 rings (SSSR count). The predicted octanol–water partition coefficient (Wildman–Crippen LogP) is 3.84. The van der Waals surface area contributed by atoms with Crippen LogP contribution in [-0.2, 0) is 23.1 Å². The van der Waals surface area contributed by atoms with Gasteiger partial charge in [-0.1, -0.05) is 26.3 Å². The van der Waals surface area contributed by atoms with E-state index < -0.39 is 16.3 Å². The van der Waals surface area contributed by atoms with E-state index in [1.165, 1.54) is 52.3 Å². The summed E-state index contributed by atoms with van der Waals surface area (Å²) in [6, 6.07) is 10.6. The summed E-state index contributed by atoms with van der Waals surface area (Å²) in [5, 5.41) is 25.2. The summed E-state index contributed by atoms with van der Waals surface area (Å²) in [5.74, 6) is 0.619. The van der Waals surface area contributed by atoms with E-state index in [2.05, 4.69) is 27.2 Å². The molecule has 0 bridgehead atoms. The van der Waals surface area contributed by atoms with Gasteiger partial charge in [0.15, 0.2) is 0 Å². The SMILES string of the molecule is CCN(CC)S(=O)(=O)Nc1cc([C@@H](O)CNCCOc2ccc3[nH]c4c(c3c2)CCCCC4)ccc1O. The Kier molecular flexibility index (Phi) is 8.96. The number of H-pyrrole nitrogens is 1. The van der Waals surface area contributed by atoms with Crippen LogP contribution < -0.4 is 14.8 Å². The van der Waals surface area contributed by atoms with Gasteiger partial charge < -0.3 is 25.3 Å². The summed E-state index contributed by atoms with van der Waals surface area (Å²) < 4.78 is 34.6. The summed E-state index contributed by atoms with van der Waals surface area (Å²) in [4.78, 5) is 3.57. The number of aryl methyl sites for hydroxylation is 2. The van der Waals surface area contributed by atoms with Crippen LogP contribution in [0.1, 0.15) is 56.0 Å². The van der Waals surface area contributed by atoms with E-state index in [9.17, 15) is 18.6 Å². The molecular weight excluding hydrogens is 492 g/mol. The Hall–Kier alpha value is -2.79. The smallest absolute Gasteiger partial charge is 0.301 e. The summed E-state index contributed by atoms with van der Waals surface area (Å²) in [7, 11) is -3.80. The van der Waals surface area contributed by atoms with Gasteiger partial charge in [-0.3, -0.25) is 4.72 Å². The Morgan fingerprint density at radius 1 is 1.08 bits per heavy atom. The van der Waals surface area contributed by atoms with Crippen molar-refractivity contribution in [2.75, 3.05) is 37.5 Å². The molecule has 1 atom stereocenters. The number of rotatable bonds is 12. The molecule has 2 aromatic carbocycles. The van der Waals surface area contributed by atoms with E-state index in [4.69, 9.17) is 4.74 Å². The minimum Gasteiger partial charge on any atom is -0.506 e. The van der Waals surface area contributed by atoms with Crippen LogP contribution in [0.2, 0.25) is 0 Å². The van der Waals surface area contributed by atoms with Gasteiger partial charge in [0, 0.05) is 42.8 Å². The Morgan fingerprint density at radius 3 is 2.65 bits per heavy atom. The number of phenolic OH excluding ortho intramolecular Hbond substituents is 1. The van der Waals surface area contributed by atoms with Crippen LogP contribution in [0.3, 0.4) is 0 Å². The number of anilines is 1. The molecule has 0 fully saturated rings. The van der Waals surface area contributed by atoms with Crippen molar-refractivity contribution in [1.82, 2.24) is 14.6 Å². The number of aliphatic hydroxyl groups is 1. The number of ether oxygens (including phenoxy) is 1. The van der Waals surface area contributed by atoms with Crippen LogP contribution in [0.5, 0.6) is 11.5 Å². The van der Waals surface area contributed by atoms with Crippen LogP contribution in [-0.4, -0.2) is 60.7 Å². The third kappa shape index (κ3) is 6.56. The average Bonchev–Trinajstić information content (AvgIpc) is 3.04. The molecule has 0 radical (unpaired) electrons. The summed E-state index contributed by atoms with van der Waals surface area (Å²) >= 11 is 0. The molecule has 0 amide bonds. The molecule has 3 aromatic rings. The lowest BCUT2D eigenvalue weighted by Gasteiger charge is -2.21. The first kappa shape index (κ1) is 27.3.